The highest BCUT2D eigenvalue weighted by molar-refractivity contribution is 5.97. The van der Waals surface area contributed by atoms with Crippen LogP contribution >= 0.6 is 0 Å². The monoisotopic (exact) mass is 421 g/mol. The Bertz CT molecular complexity index is 890. The number of allylic oxidation sites excluding steroid dienone is 1. The molecule has 4 fully saturated rings. The number of carbonyl (C=O) groups is 1. The van der Waals surface area contributed by atoms with Crippen molar-refractivity contribution in [1.29, 1.82) is 0 Å². The fourth-order valence-electron chi connectivity index (χ4n) is 8.34. The third-order valence-corrected chi connectivity index (χ3v) is 10.5. The van der Waals surface area contributed by atoms with Crippen LogP contribution in [0.3, 0.4) is 0 Å². The second-order valence-electron chi connectivity index (χ2n) is 11.8. The predicted octanol–water partition coefficient (Wildman–Crippen LogP) is 5.98. The van der Waals surface area contributed by atoms with Crippen LogP contribution < -0.4 is 4.90 Å². The van der Waals surface area contributed by atoms with Crippen LogP contribution in [0.1, 0.15) is 72.1 Å². The summed E-state index contributed by atoms with van der Waals surface area (Å²) < 4.78 is 0. The molecule has 0 heterocycles. The van der Waals surface area contributed by atoms with E-state index in [1.165, 1.54) is 25.7 Å². The van der Waals surface area contributed by atoms with E-state index in [1.54, 1.807) is 0 Å². The van der Waals surface area contributed by atoms with Crippen LogP contribution in [0, 0.1) is 34.5 Å². The average molecular weight is 422 g/mol. The van der Waals surface area contributed by atoms with Crippen molar-refractivity contribution in [3.63, 3.8) is 0 Å². The molecule has 31 heavy (non-hydrogen) atoms. The zero-order valence-corrected chi connectivity index (χ0v) is 19.7. The van der Waals surface area contributed by atoms with Crippen molar-refractivity contribution in [3.05, 3.63) is 42.1 Å². The maximum atomic E-state index is 13.1. The van der Waals surface area contributed by atoms with E-state index in [4.69, 9.17) is 0 Å². The van der Waals surface area contributed by atoms with Crippen LogP contribution in [0.5, 0.6) is 0 Å². The Balaban J connectivity index is 1.43. The summed E-state index contributed by atoms with van der Waals surface area (Å²) in [6.45, 7) is 6.94. The summed E-state index contributed by atoms with van der Waals surface area (Å²) in [6.07, 6.45) is 10.6. The molecule has 3 nitrogen and oxygen atoms in total. The van der Waals surface area contributed by atoms with Gasteiger partial charge in [-0.05, 0) is 98.5 Å². The van der Waals surface area contributed by atoms with E-state index < -0.39 is 5.60 Å². The minimum absolute atomic E-state index is 0.0635. The van der Waals surface area contributed by atoms with Crippen molar-refractivity contribution in [3.8, 4) is 0 Å². The lowest BCUT2D eigenvalue weighted by atomic mass is 9.44. The number of Topliss-reactive ketones (excluding diaryl/α,β-unsaturated/α-hetero) is 1. The predicted molar refractivity (Wildman–Crippen MR) is 126 cm³/mol. The van der Waals surface area contributed by atoms with Crippen molar-refractivity contribution >= 4 is 11.5 Å². The van der Waals surface area contributed by atoms with E-state index in [9.17, 15) is 9.90 Å². The molecule has 3 heteroatoms. The fourth-order valence-corrected chi connectivity index (χ4v) is 8.34. The number of benzene rings is 1. The van der Waals surface area contributed by atoms with Gasteiger partial charge in [0, 0.05) is 30.9 Å². The van der Waals surface area contributed by atoms with Gasteiger partial charge in [0.15, 0.2) is 5.78 Å². The van der Waals surface area contributed by atoms with Crippen molar-refractivity contribution in [2.75, 3.05) is 11.9 Å². The molecule has 0 spiro atoms. The first kappa shape index (κ1) is 21.2. The third kappa shape index (κ3) is 3.14. The molecule has 4 aliphatic carbocycles. The van der Waals surface area contributed by atoms with Crippen molar-refractivity contribution in [2.45, 2.75) is 77.7 Å². The van der Waals surface area contributed by atoms with Crippen molar-refractivity contribution in [1.82, 2.24) is 0 Å². The quantitative estimate of drug-likeness (QED) is 0.597. The van der Waals surface area contributed by atoms with Crippen LogP contribution in [0.15, 0.2) is 42.1 Å². The summed E-state index contributed by atoms with van der Waals surface area (Å²) in [4.78, 5) is 15.2. The molecule has 4 saturated carbocycles. The summed E-state index contributed by atoms with van der Waals surface area (Å²) >= 11 is 0. The number of nitrogens with zero attached hydrogens (tertiary/aromatic N) is 1. The number of hydrogen-bond donors (Lipinski definition) is 1. The van der Waals surface area contributed by atoms with Crippen LogP contribution in [0.25, 0.3) is 0 Å². The Morgan fingerprint density at radius 1 is 1.00 bits per heavy atom. The molecule has 1 aromatic carbocycles. The van der Waals surface area contributed by atoms with E-state index in [-0.39, 0.29) is 10.8 Å². The lowest BCUT2D eigenvalue weighted by Gasteiger charge is -2.61. The number of carbonyl (C=O) groups excluding carboxylic acids is 1. The van der Waals surface area contributed by atoms with Gasteiger partial charge in [0.2, 0.25) is 0 Å². The molecule has 0 bridgehead atoms. The van der Waals surface area contributed by atoms with E-state index in [0.29, 0.717) is 35.9 Å². The first-order chi connectivity index (χ1) is 14.7. The zero-order chi connectivity index (χ0) is 22.0. The summed E-state index contributed by atoms with van der Waals surface area (Å²) in [5, 5.41) is 11.2. The summed E-state index contributed by atoms with van der Waals surface area (Å²) in [6, 6.07) is 10.3. The lowest BCUT2D eigenvalue weighted by Crippen LogP contribution is -2.56. The number of hydrogen-bond acceptors (Lipinski definition) is 3. The molecule has 1 N–H and O–H groups in total. The van der Waals surface area contributed by atoms with Crippen LogP contribution in [0.2, 0.25) is 0 Å². The summed E-state index contributed by atoms with van der Waals surface area (Å²) in [5.41, 5.74) is 1.88. The highest BCUT2D eigenvalue weighted by Crippen LogP contribution is 2.68. The van der Waals surface area contributed by atoms with E-state index in [1.807, 2.05) is 18.2 Å². The van der Waals surface area contributed by atoms with E-state index >= 15 is 0 Å². The molecular weight excluding hydrogens is 382 g/mol. The second kappa shape index (κ2) is 7.20. The van der Waals surface area contributed by atoms with Gasteiger partial charge in [-0.1, -0.05) is 32.0 Å². The highest BCUT2D eigenvalue weighted by Gasteiger charge is 2.63. The van der Waals surface area contributed by atoms with Gasteiger partial charge in [-0.25, -0.2) is 0 Å². The minimum Gasteiger partial charge on any atom is -0.390 e. The molecule has 1 aromatic rings. The number of rotatable bonds is 2. The molecule has 0 radical (unpaired) electrons. The zero-order valence-electron chi connectivity index (χ0n) is 19.7. The maximum Gasteiger partial charge on any atom is 0.160 e. The molecule has 0 aromatic heterocycles. The van der Waals surface area contributed by atoms with Crippen LogP contribution in [-0.4, -0.2) is 23.5 Å². The van der Waals surface area contributed by atoms with Crippen molar-refractivity contribution < 1.29 is 9.90 Å². The first-order valence-corrected chi connectivity index (χ1v) is 12.4. The molecule has 168 valence electrons. The number of fused-ring (bicyclic) bond motifs is 5. The standard InChI is InChI=1S/C28H39NO2/c1-26-17-19(18-29(4)21-8-6-5-7-9-21)25(30)16-20(26)10-11-22-23(26)12-14-27(2)24(22)13-15-28(27,3)31/h5-9,18,20,22-24,31H,10-17H2,1-4H3/b19-18-. The SMILES string of the molecule is CN(/C=C1/CC2(C)C(CCC3C2CCC2(C)C3CCC2(C)O)CC1=O)c1ccccc1. The number of anilines is 1. The van der Waals surface area contributed by atoms with Gasteiger partial charge >= 0.3 is 0 Å². The van der Waals surface area contributed by atoms with Gasteiger partial charge in [-0.3, -0.25) is 4.79 Å². The number of para-hydroxylation sites is 1. The van der Waals surface area contributed by atoms with Crippen molar-refractivity contribution in [2.24, 2.45) is 34.5 Å². The normalized spacial score (nSPS) is 45.7. The molecular formula is C28H39NO2. The molecule has 0 saturated heterocycles. The first-order valence-electron chi connectivity index (χ1n) is 12.4. The highest BCUT2D eigenvalue weighted by atomic mass is 16.3. The lowest BCUT2D eigenvalue weighted by molar-refractivity contribution is -0.147. The third-order valence-electron chi connectivity index (χ3n) is 10.5. The van der Waals surface area contributed by atoms with Gasteiger partial charge < -0.3 is 10.0 Å². The van der Waals surface area contributed by atoms with E-state index in [0.717, 1.165) is 30.5 Å². The Morgan fingerprint density at radius 3 is 2.45 bits per heavy atom. The fraction of sp³-hybridized carbons (Fsp3) is 0.679. The average Bonchev–Trinajstić information content (AvgIpc) is 2.99. The number of ketones is 1. The second-order valence-corrected chi connectivity index (χ2v) is 11.8. The topological polar surface area (TPSA) is 40.5 Å². The summed E-state index contributed by atoms with van der Waals surface area (Å²) in [7, 11) is 2.06. The Morgan fingerprint density at radius 2 is 1.71 bits per heavy atom. The van der Waals surface area contributed by atoms with Gasteiger partial charge in [0.25, 0.3) is 0 Å². The molecule has 4 aliphatic rings. The van der Waals surface area contributed by atoms with E-state index in [2.05, 4.69) is 51.1 Å². The van der Waals surface area contributed by atoms with Crippen LogP contribution in [-0.2, 0) is 4.79 Å². The Labute approximate surface area is 187 Å². The maximum absolute atomic E-state index is 13.1. The minimum atomic E-state index is -0.521. The molecule has 5 rings (SSSR count). The van der Waals surface area contributed by atoms with Gasteiger partial charge in [-0.2, -0.15) is 0 Å². The van der Waals surface area contributed by atoms with Gasteiger partial charge in [0.1, 0.15) is 0 Å². The Kier molecular flexibility index (Phi) is 4.93. The molecule has 0 amide bonds. The smallest absolute Gasteiger partial charge is 0.160 e. The number of aliphatic hydroxyl groups is 1. The van der Waals surface area contributed by atoms with Gasteiger partial charge in [-0.15, -0.1) is 0 Å². The largest absolute Gasteiger partial charge is 0.390 e. The molecule has 7 atom stereocenters. The van der Waals surface area contributed by atoms with Gasteiger partial charge in [0.05, 0.1) is 5.60 Å². The van der Waals surface area contributed by atoms with Crippen LogP contribution in [0.4, 0.5) is 5.69 Å². The summed E-state index contributed by atoms with van der Waals surface area (Å²) in [5.74, 6) is 2.89. The molecule has 0 aliphatic heterocycles. The molecule has 7 unspecified atom stereocenters. The Hall–Kier alpha value is -1.61.